The molecular weight excluding hydrogens is 254 g/mol. The number of carbonyl (C=O) groups is 1. The van der Waals surface area contributed by atoms with E-state index in [9.17, 15) is 4.79 Å². The molecule has 0 aliphatic heterocycles. The van der Waals surface area contributed by atoms with Crippen LogP contribution < -0.4 is 5.73 Å². The van der Waals surface area contributed by atoms with Crippen LogP contribution in [0.25, 0.3) is 0 Å². The lowest BCUT2D eigenvalue weighted by atomic mass is 9.62. The van der Waals surface area contributed by atoms with Gasteiger partial charge < -0.3 is 5.73 Å². The van der Waals surface area contributed by atoms with Gasteiger partial charge in [-0.2, -0.15) is 0 Å². The number of rotatable bonds is 3. The molecule has 1 aromatic carbocycles. The van der Waals surface area contributed by atoms with Gasteiger partial charge in [-0.15, -0.1) is 0 Å². The highest BCUT2D eigenvalue weighted by Gasteiger charge is 2.45. The minimum atomic E-state index is -0.297. The molecule has 1 aliphatic rings. The second kappa shape index (κ2) is 4.06. The fourth-order valence-electron chi connectivity index (χ4n) is 2.27. The summed E-state index contributed by atoms with van der Waals surface area (Å²) in [6.45, 7) is 0.140. The SMILES string of the molecule is NCC(=O)C1(c2ccccc2Br)CCC1. The Hall–Kier alpha value is -0.670. The van der Waals surface area contributed by atoms with Gasteiger partial charge in [0.2, 0.25) is 0 Å². The highest BCUT2D eigenvalue weighted by atomic mass is 79.9. The lowest BCUT2D eigenvalue weighted by Crippen LogP contribution is -2.45. The lowest BCUT2D eigenvalue weighted by molar-refractivity contribution is -0.126. The van der Waals surface area contributed by atoms with Crippen LogP contribution >= 0.6 is 15.9 Å². The first-order valence-electron chi connectivity index (χ1n) is 5.19. The van der Waals surface area contributed by atoms with Crippen molar-refractivity contribution in [3.05, 3.63) is 34.3 Å². The zero-order chi connectivity index (χ0) is 10.9. The van der Waals surface area contributed by atoms with Crippen LogP contribution in [0.4, 0.5) is 0 Å². The van der Waals surface area contributed by atoms with Gasteiger partial charge in [0.25, 0.3) is 0 Å². The average molecular weight is 268 g/mol. The fourth-order valence-corrected chi connectivity index (χ4v) is 2.94. The number of ketones is 1. The van der Waals surface area contributed by atoms with Crippen LogP contribution in [0.2, 0.25) is 0 Å². The third kappa shape index (κ3) is 1.64. The molecule has 80 valence electrons. The van der Waals surface area contributed by atoms with Gasteiger partial charge in [0.05, 0.1) is 12.0 Å². The molecule has 2 N–H and O–H groups in total. The highest BCUT2D eigenvalue weighted by molar-refractivity contribution is 9.10. The largest absolute Gasteiger partial charge is 0.324 e. The summed E-state index contributed by atoms with van der Waals surface area (Å²) in [5.41, 5.74) is 6.30. The first-order valence-corrected chi connectivity index (χ1v) is 5.98. The summed E-state index contributed by atoms with van der Waals surface area (Å²) in [4.78, 5) is 11.9. The third-order valence-corrected chi connectivity index (χ3v) is 4.01. The Labute approximate surface area is 98.0 Å². The molecule has 0 atom stereocenters. The maximum atomic E-state index is 11.9. The smallest absolute Gasteiger partial charge is 0.156 e. The average Bonchev–Trinajstić information content (AvgIpc) is 2.19. The molecule has 15 heavy (non-hydrogen) atoms. The van der Waals surface area contributed by atoms with Crippen LogP contribution in [-0.4, -0.2) is 12.3 Å². The molecule has 1 saturated carbocycles. The summed E-state index contributed by atoms with van der Waals surface area (Å²) in [6.07, 6.45) is 2.99. The predicted octanol–water partition coefficient (Wildman–Crippen LogP) is 2.40. The Morgan fingerprint density at radius 1 is 1.40 bits per heavy atom. The number of hydrogen-bond acceptors (Lipinski definition) is 2. The predicted molar refractivity (Wildman–Crippen MR) is 63.7 cm³/mol. The Kier molecular flexibility index (Phi) is 2.94. The van der Waals surface area contributed by atoms with E-state index < -0.39 is 0 Å². The zero-order valence-corrected chi connectivity index (χ0v) is 10.1. The molecule has 0 heterocycles. The fraction of sp³-hybridized carbons (Fsp3) is 0.417. The molecule has 2 nitrogen and oxygen atoms in total. The van der Waals surface area contributed by atoms with E-state index in [1.54, 1.807) is 0 Å². The van der Waals surface area contributed by atoms with Crippen molar-refractivity contribution in [3.8, 4) is 0 Å². The van der Waals surface area contributed by atoms with E-state index in [0.717, 1.165) is 29.3 Å². The summed E-state index contributed by atoms with van der Waals surface area (Å²) in [6, 6.07) is 7.95. The van der Waals surface area contributed by atoms with Gasteiger partial charge in [0.1, 0.15) is 0 Å². The molecule has 0 saturated heterocycles. The molecule has 0 unspecified atom stereocenters. The van der Waals surface area contributed by atoms with E-state index in [0.29, 0.717) is 0 Å². The summed E-state index contributed by atoms with van der Waals surface area (Å²) < 4.78 is 1.02. The van der Waals surface area contributed by atoms with Crippen molar-refractivity contribution in [2.45, 2.75) is 24.7 Å². The second-order valence-corrected chi connectivity index (χ2v) is 4.90. The number of nitrogens with two attached hydrogens (primary N) is 1. The Morgan fingerprint density at radius 2 is 2.07 bits per heavy atom. The summed E-state index contributed by atoms with van der Waals surface area (Å²) >= 11 is 3.51. The normalized spacial score (nSPS) is 18.3. The summed E-state index contributed by atoms with van der Waals surface area (Å²) in [7, 11) is 0. The molecule has 0 spiro atoms. The van der Waals surface area contributed by atoms with Crippen LogP contribution in [0.3, 0.4) is 0 Å². The number of Topliss-reactive ketones (excluding diaryl/α,β-unsaturated/α-hetero) is 1. The van der Waals surface area contributed by atoms with Crippen molar-refractivity contribution in [1.29, 1.82) is 0 Å². The highest BCUT2D eigenvalue weighted by Crippen LogP contribution is 2.46. The van der Waals surface area contributed by atoms with Crippen molar-refractivity contribution < 1.29 is 4.79 Å². The Morgan fingerprint density at radius 3 is 2.53 bits per heavy atom. The van der Waals surface area contributed by atoms with Gasteiger partial charge in [0.15, 0.2) is 5.78 Å². The molecule has 3 heteroatoms. The van der Waals surface area contributed by atoms with Gasteiger partial charge in [-0.1, -0.05) is 40.5 Å². The van der Waals surface area contributed by atoms with Gasteiger partial charge in [-0.25, -0.2) is 0 Å². The van der Waals surface area contributed by atoms with Crippen molar-refractivity contribution in [2.75, 3.05) is 6.54 Å². The standard InChI is InChI=1S/C12H14BrNO/c13-10-5-2-1-4-9(10)12(6-3-7-12)11(15)8-14/h1-2,4-5H,3,6-8,14H2. The van der Waals surface area contributed by atoms with E-state index in [4.69, 9.17) is 5.73 Å². The first kappa shape index (κ1) is 10.8. The zero-order valence-electron chi connectivity index (χ0n) is 8.50. The van der Waals surface area contributed by atoms with Crippen LogP contribution in [0.5, 0.6) is 0 Å². The quantitative estimate of drug-likeness (QED) is 0.914. The van der Waals surface area contributed by atoms with Crippen LogP contribution in [0, 0.1) is 0 Å². The topological polar surface area (TPSA) is 43.1 Å². The first-order chi connectivity index (χ1) is 7.20. The number of benzene rings is 1. The van der Waals surface area contributed by atoms with Crippen molar-refractivity contribution in [2.24, 2.45) is 5.73 Å². The summed E-state index contributed by atoms with van der Waals surface area (Å²) in [5, 5.41) is 0. The Balaban J connectivity index is 2.43. The molecule has 0 radical (unpaired) electrons. The Bertz CT molecular complexity index is 385. The monoisotopic (exact) mass is 267 g/mol. The lowest BCUT2D eigenvalue weighted by Gasteiger charge is -2.41. The van der Waals surface area contributed by atoms with Gasteiger partial charge in [-0.3, -0.25) is 4.79 Å². The van der Waals surface area contributed by atoms with Crippen molar-refractivity contribution in [1.82, 2.24) is 0 Å². The van der Waals surface area contributed by atoms with Crippen molar-refractivity contribution in [3.63, 3.8) is 0 Å². The number of halogens is 1. The van der Waals surface area contributed by atoms with Crippen LogP contribution in [0.15, 0.2) is 28.7 Å². The van der Waals surface area contributed by atoms with E-state index >= 15 is 0 Å². The van der Waals surface area contributed by atoms with E-state index in [2.05, 4.69) is 15.9 Å². The van der Waals surface area contributed by atoms with E-state index in [1.165, 1.54) is 0 Å². The van der Waals surface area contributed by atoms with Gasteiger partial charge in [-0.05, 0) is 24.5 Å². The minimum Gasteiger partial charge on any atom is -0.324 e. The third-order valence-electron chi connectivity index (χ3n) is 3.32. The maximum Gasteiger partial charge on any atom is 0.156 e. The molecule has 0 amide bonds. The number of hydrogen-bond donors (Lipinski definition) is 1. The molecule has 1 aliphatic carbocycles. The van der Waals surface area contributed by atoms with E-state index in [-0.39, 0.29) is 17.7 Å². The molecule has 0 bridgehead atoms. The summed E-state index contributed by atoms with van der Waals surface area (Å²) in [5.74, 6) is 0.167. The van der Waals surface area contributed by atoms with Gasteiger partial charge >= 0.3 is 0 Å². The minimum absolute atomic E-state index is 0.140. The van der Waals surface area contributed by atoms with E-state index in [1.807, 2.05) is 24.3 Å². The maximum absolute atomic E-state index is 11.9. The second-order valence-electron chi connectivity index (χ2n) is 4.04. The van der Waals surface area contributed by atoms with Crippen LogP contribution in [0.1, 0.15) is 24.8 Å². The molecule has 2 rings (SSSR count). The number of carbonyl (C=O) groups excluding carboxylic acids is 1. The van der Waals surface area contributed by atoms with Crippen molar-refractivity contribution >= 4 is 21.7 Å². The molecular formula is C12H14BrNO. The van der Waals surface area contributed by atoms with Gasteiger partial charge in [0, 0.05) is 4.47 Å². The molecule has 1 aromatic rings. The molecule has 0 aromatic heterocycles. The molecule has 1 fully saturated rings. The van der Waals surface area contributed by atoms with Crippen LogP contribution in [-0.2, 0) is 10.2 Å².